The molecular weight excluding hydrogens is 354 g/mol. The number of fused-ring (bicyclic) bond motifs is 1. The molecule has 8 heteroatoms. The van der Waals surface area contributed by atoms with Gasteiger partial charge in [0.2, 0.25) is 11.9 Å². The number of hydrogen-bond acceptors (Lipinski definition) is 4. The van der Waals surface area contributed by atoms with E-state index in [9.17, 15) is 4.79 Å². The Morgan fingerprint density at radius 1 is 1.46 bits per heavy atom. The number of guanidine groups is 1. The molecule has 1 heterocycles. The zero-order chi connectivity index (χ0) is 18.5. The third-order valence-electron chi connectivity index (χ3n) is 4.49. The van der Waals surface area contributed by atoms with Gasteiger partial charge in [0.15, 0.2) is 5.82 Å². The highest BCUT2D eigenvalue weighted by Crippen LogP contribution is 2.25. The summed E-state index contributed by atoms with van der Waals surface area (Å²) in [4.78, 5) is 17.1. The van der Waals surface area contributed by atoms with E-state index in [2.05, 4.69) is 25.8 Å². The maximum Gasteiger partial charge on any atom is 0.229 e. The fourth-order valence-corrected chi connectivity index (χ4v) is 3.37. The van der Waals surface area contributed by atoms with Gasteiger partial charge in [-0.2, -0.15) is 5.10 Å². The molecule has 1 saturated carbocycles. The van der Waals surface area contributed by atoms with Crippen LogP contribution in [-0.4, -0.2) is 41.8 Å². The molecule has 0 radical (unpaired) electrons. The van der Waals surface area contributed by atoms with Crippen molar-refractivity contribution in [2.24, 2.45) is 10.9 Å². The van der Waals surface area contributed by atoms with Crippen LogP contribution in [0.15, 0.2) is 23.2 Å². The summed E-state index contributed by atoms with van der Waals surface area (Å²) in [5, 5.41) is 14.8. The Morgan fingerprint density at radius 3 is 2.96 bits per heavy atom. The number of aromatic amines is 1. The zero-order valence-corrected chi connectivity index (χ0v) is 15.8. The number of nitrogens with zero attached hydrogens (tertiary/aromatic N) is 2. The minimum atomic E-state index is -0.106. The van der Waals surface area contributed by atoms with Gasteiger partial charge >= 0.3 is 0 Å². The lowest BCUT2D eigenvalue weighted by Crippen LogP contribution is -2.40. The predicted octanol–water partition coefficient (Wildman–Crippen LogP) is 3.33. The first-order valence-corrected chi connectivity index (χ1v) is 9.23. The molecule has 0 saturated heterocycles. The van der Waals surface area contributed by atoms with E-state index < -0.39 is 0 Å². The summed E-state index contributed by atoms with van der Waals surface area (Å²) in [6.07, 6.45) is 4.05. The molecule has 1 aliphatic rings. The van der Waals surface area contributed by atoms with Crippen molar-refractivity contribution in [1.82, 2.24) is 15.5 Å². The maximum absolute atomic E-state index is 12.5. The molecule has 1 aliphatic carbocycles. The highest BCUT2D eigenvalue weighted by molar-refractivity contribution is 6.31. The Morgan fingerprint density at radius 2 is 2.23 bits per heavy atom. The molecule has 3 rings (SSSR count). The van der Waals surface area contributed by atoms with Gasteiger partial charge in [0.05, 0.1) is 18.2 Å². The van der Waals surface area contributed by atoms with Gasteiger partial charge in [-0.05, 0) is 38.0 Å². The molecule has 26 heavy (non-hydrogen) atoms. The summed E-state index contributed by atoms with van der Waals surface area (Å²) in [5.41, 5.74) is 0.811. The molecule has 2 aromatic rings. The van der Waals surface area contributed by atoms with Crippen molar-refractivity contribution in [3.8, 4) is 0 Å². The number of carbonyl (C=O) groups is 1. The Kier molecular flexibility index (Phi) is 6.11. The molecule has 1 aromatic heterocycles. The average Bonchev–Trinajstić information content (AvgIpc) is 3.25. The molecule has 1 atom stereocenters. The normalized spacial score (nSPS) is 16.8. The summed E-state index contributed by atoms with van der Waals surface area (Å²) in [5.74, 6) is 1.03. The number of carbonyl (C=O) groups excluding carboxylic acids is 1. The van der Waals surface area contributed by atoms with Crippen LogP contribution >= 0.6 is 11.6 Å². The fourth-order valence-electron chi connectivity index (χ4n) is 3.20. The standard InChI is InChI=1S/C18H24ClN5O2/c1-11(10-26-2)20-18(22-17(25)12-5-3-4-6-12)21-16-14-8-7-13(19)9-15(14)23-24-16/h7-9,11-12H,3-6,10H2,1-2H3,(H3,20,21,22,23,24,25). The van der Waals surface area contributed by atoms with Crippen LogP contribution in [0.2, 0.25) is 5.02 Å². The molecule has 3 N–H and O–H groups in total. The number of amides is 1. The first-order valence-electron chi connectivity index (χ1n) is 8.85. The average molecular weight is 378 g/mol. The number of benzene rings is 1. The number of H-pyrrole nitrogens is 1. The second-order valence-electron chi connectivity index (χ2n) is 6.64. The zero-order valence-electron chi connectivity index (χ0n) is 15.0. The lowest BCUT2D eigenvalue weighted by Gasteiger charge is -2.15. The lowest BCUT2D eigenvalue weighted by molar-refractivity contribution is -0.123. The smallest absolute Gasteiger partial charge is 0.229 e. The lowest BCUT2D eigenvalue weighted by atomic mass is 10.1. The van der Waals surface area contributed by atoms with E-state index in [0.717, 1.165) is 36.6 Å². The molecule has 0 aliphatic heterocycles. The van der Waals surface area contributed by atoms with Gasteiger partial charge in [-0.25, -0.2) is 4.99 Å². The summed E-state index contributed by atoms with van der Waals surface area (Å²) in [6, 6.07) is 5.37. The molecule has 1 unspecified atom stereocenters. The largest absolute Gasteiger partial charge is 0.382 e. The number of ether oxygens (including phenoxy) is 1. The van der Waals surface area contributed by atoms with Gasteiger partial charge in [-0.15, -0.1) is 0 Å². The highest BCUT2D eigenvalue weighted by Gasteiger charge is 2.24. The number of rotatable bonds is 5. The van der Waals surface area contributed by atoms with E-state index in [1.54, 1.807) is 19.2 Å². The Hall–Kier alpha value is -2.12. The Labute approximate surface area is 157 Å². The Balaban J connectivity index is 1.80. The number of aliphatic imine (C=N–C) groups is 1. The Bertz CT molecular complexity index is 798. The number of halogens is 1. The molecule has 1 amide bonds. The molecule has 1 aromatic carbocycles. The van der Waals surface area contributed by atoms with Crippen LogP contribution in [-0.2, 0) is 9.53 Å². The van der Waals surface area contributed by atoms with Crippen LogP contribution in [0, 0.1) is 5.92 Å². The van der Waals surface area contributed by atoms with Gasteiger partial charge in [0.1, 0.15) is 0 Å². The first kappa shape index (κ1) is 18.7. The van der Waals surface area contributed by atoms with E-state index in [4.69, 9.17) is 16.3 Å². The van der Waals surface area contributed by atoms with Crippen LogP contribution in [0.4, 0.5) is 5.82 Å². The molecule has 140 valence electrons. The summed E-state index contributed by atoms with van der Waals surface area (Å²) < 4.78 is 5.14. The van der Waals surface area contributed by atoms with E-state index in [1.165, 1.54) is 0 Å². The summed E-state index contributed by atoms with van der Waals surface area (Å²) in [7, 11) is 1.63. The highest BCUT2D eigenvalue weighted by atomic mass is 35.5. The minimum Gasteiger partial charge on any atom is -0.382 e. The summed E-state index contributed by atoms with van der Waals surface area (Å²) >= 11 is 6.02. The number of anilines is 1. The second kappa shape index (κ2) is 8.51. The first-order chi connectivity index (χ1) is 12.6. The van der Waals surface area contributed by atoms with Gasteiger partial charge < -0.3 is 10.1 Å². The van der Waals surface area contributed by atoms with Crippen molar-refractivity contribution in [3.05, 3.63) is 23.2 Å². The molecule has 7 nitrogen and oxygen atoms in total. The number of hydrogen-bond donors (Lipinski definition) is 3. The van der Waals surface area contributed by atoms with Crippen molar-refractivity contribution in [3.63, 3.8) is 0 Å². The van der Waals surface area contributed by atoms with E-state index in [-0.39, 0.29) is 17.9 Å². The van der Waals surface area contributed by atoms with Gasteiger partial charge in [0.25, 0.3) is 0 Å². The van der Waals surface area contributed by atoms with Crippen LogP contribution in [0.25, 0.3) is 10.9 Å². The van der Waals surface area contributed by atoms with Crippen LogP contribution < -0.4 is 10.6 Å². The SMILES string of the molecule is COCC(C)N=C(NC(=O)C1CCCC1)Nc1n[nH]c2cc(Cl)ccc12. The van der Waals surface area contributed by atoms with E-state index in [0.29, 0.717) is 23.4 Å². The van der Waals surface area contributed by atoms with Crippen LogP contribution in [0.1, 0.15) is 32.6 Å². The van der Waals surface area contributed by atoms with Crippen molar-refractivity contribution in [2.45, 2.75) is 38.6 Å². The third-order valence-corrected chi connectivity index (χ3v) is 4.72. The second-order valence-corrected chi connectivity index (χ2v) is 7.08. The quantitative estimate of drug-likeness (QED) is 0.550. The van der Waals surface area contributed by atoms with Crippen molar-refractivity contribution in [2.75, 3.05) is 19.0 Å². The number of nitrogens with one attached hydrogen (secondary N) is 3. The molecular formula is C18H24ClN5O2. The van der Waals surface area contributed by atoms with Crippen molar-refractivity contribution in [1.29, 1.82) is 0 Å². The minimum absolute atomic E-state index is 0.00116. The van der Waals surface area contributed by atoms with Crippen molar-refractivity contribution < 1.29 is 9.53 Å². The molecule has 0 bridgehead atoms. The van der Waals surface area contributed by atoms with Gasteiger partial charge in [0, 0.05) is 23.4 Å². The molecule has 1 fully saturated rings. The number of methoxy groups -OCH3 is 1. The maximum atomic E-state index is 12.5. The van der Waals surface area contributed by atoms with E-state index in [1.807, 2.05) is 13.0 Å². The number of aromatic nitrogens is 2. The molecule has 0 spiro atoms. The summed E-state index contributed by atoms with van der Waals surface area (Å²) in [6.45, 7) is 2.39. The fraction of sp³-hybridized carbons (Fsp3) is 0.500. The predicted molar refractivity (Wildman–Crippen MR) is 104 cm³/mol. The van der Waals surface area contributed by atoms with Gasteiger partial charge in [-0.1, -0.05) is 24.4 Å². The third kappa shape index (κ3) is 4.53. The van der Waals surface area contributed by atoms with Crippen LogP contribution in [0.5, 0.6) is 0 Å². The topological polar surface area (TPSA) is 91.4 Å². The monoisotopic (exact) mass is 377 g/mol. The van der Waals surface area contributed by atoms with Gasteiger partial charge in [-0.3, -0.25) is 15.2 Å². The van der Waals surface area contributed by atoms with Crippen molar-refractivity contribution >= 4 is 40.2 Å². The van der Waals surface area contributed by atoms with E-state index >= 15 is 0 Å². The van der Waals surface area contributed by atoms with Crippen LogP contribution in [0.3, 0.4) is 0 Å².